The van der Waals surface area contributed by atoms with Crippen LogP contribution in [0, 0.1) is 5.82 Å². The number of H-pyrrole nitrogens is 1. The third-order valence-corrected chi connectivity index (χ3v) is 3.93. The first kappa shape index (κ1) is 14.9. The Hall–Kier alpha value is -2.04. The number of aromatic nitrogens is 1. The Kier molecular flexibility index (Phi) is 3.81. The maximum absolute atomic E-state index is 13.9. The molecule has 0 radical (unpaired) electrons. The second-order valence-electron chi connectivity index (χ2n) is 4.69. The fraction of sp³-hybridized carbons (Fsp3) is 0.0625. The van der Waals surface area contributed by atoms with Gasteiger partial charge in [-0.3, -0.25) is 4.79 Å². The van der Waals surface area contributed by atoms with Crippen LogP contribution in [0.1, 0.15) is 10.4 Å². The highest BCUT2D eigenvalue weighted by Crippen LogP contribution is 2.36. The predicted molar refractivity (Wildman–Crippen MR) is 85.7 cm³/mol. The van der Waals surface area contributed by atoms with E-state index in [1.54, 1.807) is 18.2 Å². The van der Waals surface area contributed by atoms with E-state index in [-0.39, 0.29) is 5.75 Å². The van der Waals surface area contributed by atoms with Crippen molar-refractivity contribution in [2.24, 2.45) is 0 Å². The molecule has 0 saturated heterocycles. The average Bonchev–Trinajstić information content (AvgIpc) is 2.85. The summed E-state index contributed by atoms with van der Waals surface area (Å²) in [4.78, 5) is 14.6. The second kappa shape index (κ2) is 5.63. The number of carbonyl (C=O) groups is 1. The molecular formula is C16H10Cl2FNO2. The molecule has 0 spiro atoms. The van der Waals surface area contributed by atoms with Crippen molar-refractivity contribution in [3.05, 3.63) is 51.8 Å². The number of fused-ring (bicyclic) bond motifs is 1. The van der Waals surface area contributed by atoms with Crippen molar-refractivity contribution < 1.29 is 13.9 Å². The minimum atomic E-state index is -0.514. The van der Waals surface area contributed by atoms with E-state index in [4.69, 9.17) is 27.9 Å². The van der Waals surface area contributed by atoms with Crippen molar-refractivity contribution in [3.63, 3.8) is 0 Å². The lowest BCUT2D eigenvalue weighted by atomic mass is 10.1. The van der Waals surface area contributed by atoms with E-state index in [1.165, 1.54) is 19.2 Å². The minimum Gasteiger partial charge on any atom is -0.494 e. The van der Waals surface area contributed by atoms with Gasteiger partial charge in [0.1, 0.15) is 0 Å². The number of ether oxygens (including phenoxy) is 1. The third-order valence-electron chi connectivity index (χ3n) is 3.41. The van der Waals surface area contributed by atoms with E-state index >= 15 is 0 Å². The molecule has 3 aromatic rings. The molecule has 112 valence electrons. The molecule has 2 aromatic carbocycles. The summed E-state index contributed by atoms with van der Waals surface area (Å²) in [5.74, 6) is -0.381. The van der Waals surface area contributed by atoms with Crippen LogP contribution in [0.3, 0.4) is 0 Å². The van der Waals surface area contributed by atoms with Gasteiger partial charge in [-0.1, -0.05) is 23.2 Å². The second-order valence-corrected chi connectivity index (χ2v) is 5.53. The quantitative estimate of drug-likeness (QED) is 0.675. The Morgan fingerprint density at radius 1 is 1.23 bits per heavy atom. The molecule has 0 aliphatic rings. The number of methoxy groups -OCH3 is 1. The van der Waals surface area contributed by atoms with Gasteiger partial charge in [0.05, 0.1) is 17.8 Å². The highest BCUT2D eigenvalue weighted by Gasteiger charge is 2.17. The van der Waals surface area contributed by atoms with Crippen LogP contribution >= 0.6 is 23.2 Å². The van der Waals surface area contributed by atoms with Crippen molar-refractivity contribution >= 4 is 40.4 Å². The molecule has 0 saturated carbocycles. The fourth-order valence-corrected chi connectivity index (χ4v) is 3.04. The monoisotopic (exact) mass is 337 g/mol. The Balaban J connectivity index is 2.29. The smallest absolute Gasteiger partial charge is 0.165 e. The van der Waals surface area contributed by atoms with Crippen LogP contribution in [0.15, 0.2) is 30.3 Å². The first-order chi connectivity index (χ1) is 10.5. The van der Waals surface area contributed by atoms with Gasteiger partial charge in [0, 0.05) is 27.1 Å². The SMILES string of the molecule is COc1ccc(-c2[nH]c3cc(Cl)cc(Cl)c3c2C=O)cc1F. The molecule has 6 heteroatoms. The maximum atomic E-state index is 13.9. The average molecular weight is 338 g/mol. The van der Waals surface area contributed by atoms with Crippen LogP contribution in [0.2, 0.25) is 10.0 Å². The number of hydrogen-bond acceptors (Lipinski definition) is 2. The summed E-state index contributed by atoms with van der Waals surface area (Å²) >= 11 is 12.1. The van der Waals surface area contributed by atoms with E-state index in [9.17, 15) is 9.18 Å². The summed E-state index contributed by atoms with van der Waals surface area (Å²) in [6.45, 7) is 0. The molecule has 3 rings (SSSR count). The molecular weight excluding hydrogens is 328 g/mol. The van der Waals surface area contributed by atoms with Crippen molar-refractivity contribution in [2.45, 2.75) is 0 Å². The van der Waals surface area contributed by atoms with Crippen LogP contribution in [0.25, 0.3) is 22.2 Å². The Morgan fingerprint density at radius 3 is 2.64 bits per heavy atom. The summed E-state index contributed by atoms with van der Waals surface area (Å²) in [5.41, 5.74) is 1.98. The molecule has 0 bridgehead atoms. The maximum Gasteiger partial charge on any atom is 0.165 e. The molecule has 0 fully saturated rings. The van der Waals surface area contributed by atoms with Gasteiger partial charge in [-0.25, -0.2) is 4.39 Å². The zero-order valence-electron chi connectivity index (χ0n) is 11.4. The summed E-state index contributed by atoms with van der Waals surface area (Å²) in [6, 6.07) is 7.68. The van der Waals surface area contributed by atoms with E-state index < -0.39 is 5.82 Å². The van der Waals surface area contributed by atoms with Gasteiger partial charge in [-0.15, -0.1) is 0 Å². The topological polar surface area (TPSA) is 42.1 Å². The summed E-state index contributed by atoms with van der Waals surface area (Å²) in [7, 11) is 1.39. The lowest BCUT2D eigenvalue weighted by molar-refractivity contribution is 0.112. The summed E-state index contributed by atoms with van der Waals surface area (Å²) in [5, 5.41) is 1.37. The number of hydrogen-bond donors (Lipinski definition) is 1. The number of rotatable bonds is 3. The van der Waals surface area contributed by atoms with Gasteiger partial charge < -0.3 is 9.72 Å². The van der Waals surface area contributed by atoms with E-state index in [0.29, 0.717) is 44.1 Å². The number of carbonyl (C=O) groups excluding carboxylic acids is 1. The predicted octanol–water partition coefficient (Wildman–Crippen LogP) is 5.10. The Labute approximate surface area is 135 Å². The first-order valence-electron chi connectivity index (χ1n) is 6.35. The lowest BCUT2D eigenvalue weighted by Crippen LogP contribution is -1.90. The van der Waals surface area contributed by atoms with Gasteiger partial charge in [0.2, 0.25) is 0 Å². The molecule has 1 N–H and O–H groups in total. The Bertz CT molecular complexity index is 889. The molecule has 22 heavy (non-hydrogen) atoms. The van der Waals surface area contributed by atoms with Gasteiger partial charge in [-0.05, 0) is 30.3 Å². The summed E-state index contributed by atoms with van der Waals surface area (Å²) < 4.78 is 18.8. The fourth-order valence-electron chi connectivity index (χ4n) is 2.44. The van der Waals surface area contributed by atoms with Crippen LogP contribution in [-0.4, -0.2) is 18.4 Å². The molecule has 1 aromatic heterocycles. The zero-order valence-corrected chi connectivity index (χ0v) is 12.9. The van der Waals surface area contributed by atoms with Crippen LogP contribution < -0.4 is 4.74 Å². The number of aldehydes is 1. The molecule has 0 unspecified atom stereocenters. The first-order valence-corrected chi connectivity index (χ1v) is 7.10. The molecule has 0 aliphatic carbocycles. The molecule has 0 amide bonds. The molecule has 0 aliphatic heterocycles. The highest BCUT2D eigenvalue weighted by atomic mass is 35.5. The number of halogens is 3. The van der Waals surface area contributed by atoms with E-state index in [1.807, 2.05) is 0 Å². The highest BCUT2D eigenvalue weighted by molar-refractivity contribution is 6.39. The minimum absolute atomic E-state index is 0.133. The molecule has 3 nitrogen and oxygen atoms in total. The van der Waals surface area contributed by atoms with Crippen molar-refractivity contribution in [3.8, 4) is 17.0 Å². The standard InChI is InChI=1S/C16H10Cl2FNO2/c1-22-14-3-2-8(4-12(14)19)16-10(7-21)15-11(18)5-9(17)6-13(15)20-16/h2-7,20H,1H3. The normalized spacial score (nSPS) is 10.9. The number of aromatic amines is 1. The van der Waals surface area contributed by atoms with Crippen LogP contribution in [0.5, 0.6) is 5.75 Å². The van der Waals surface area contributed by atoms with Crippen LogP contribution in [0.4, 0.5) is 4.39 Å². The summed E-state index contributed by atoms with van der Waals surface area (Å²) in [6.07, 6.45) is 0.691. The van der Waals surface area contributed by atoms with Gasteiger partial charge in [-0.2, -0.15) is 0 Å². The Morgan fingerprint density at radius 2 is 2.00 bits per heavy atom. The largest absolute Gasteiger partial charge is 0.494 e. The van der Waals surface area contributed by atoms with E-state index in [2.05, 4.69) is 4.98 Å². The van der Waals surface area contributed by atoms with Crippen molar-refractivity contribution in [1.29, 1.82) is 0 Å². The zero-order chi connectivity index (χ0) is 15.9. The van der Waals surface area contributed by atoms with Gasteiger partial charge >= 0.3 is 0 Å². The van der Waals surface area contributed by atoms with Gasteiger partial charge in [0.15, 0.2) is 17.9 Å². The number of nitrogens with one attached hydrogen (secondary N) is 1. The van der Waals surface area contributed by atoms with E-state index in [0.717, 1.165) is 0 Å². The third kappa shape index (κ3) is 2.34. The molecule has 1 heterocycles. The van der Waals surface area contributed by atoms with Crippen molar-refractivity contribution in [2.75, 3.05) is 7.11 Å². The van der Waals surface area contributed by atoms with Crippen molar-refractivity contribution in [1.82, 2.24) is 4.98 Å². The lowest BCUT2D eigenvalue weighted by Gasteiger charge is -2.04. The van der Waals surface area contributed by atoms with Gasteiger partial charge in [0.25, 0.3) is 0 Å². The van der Waals surface area contributed by atoms with Crippen LogP contribution in [-0.2, 0) is 0 Å². The number of benzene rings is 2. The molecule has 0 atom stereocenters.